The van der Waals surface area contributed by atoms with E-state index in [1.165, 1.54) is 5.56 Å². The molecule has 26 heavy (non-hydrogen) atoms. The zero-order valence-electron chi connectivity index (χ0n) is 14.7. The quantitative estimate of drug-likeness (QED) is 0.585. The summed E-state index contributed by atoms with van der Waals surface area (Å²) in [6.45, 7) is 4.05. The highest BCUT2D eigenvalue weighted by Crippen LogP contribution is 2.24. The van der Waals surface area contributed by atoms with E-state index in [1.807, 2.05) is 48.0 Å². The smallest absolute Gasteiger partial charge is 0.159 e. The third-order valence-electron chi connectivity index (χ3n) is 4.09. The molecule has 0 aliphatic heterocycles. The lowest BCUT2D eigenvalue weighted by atomic mass is 10.1. The summed E-state index contributed by atoms with van der Waals surface area (Å²) in [6.07, 6.45) is 1.55. The first kappa shape index (κ1) is 16.0. The van der Waals surface area contributed by atoms with E-state index in [0.29, 0.717) is 0 Å². The summed E-state index contributed by atoms with van der Waals surface area (Å²) < 4.78 is 1.85. The zero-order chi connectivity index (χ0) is 17.9. The van der Waals surface area contributed by atoms with E-state index >= 15 is 0 Å². The number of hydrogen-bond acceptors (Lipinski definition) is 4. The molecule has 0 amide bonds. The van der Waals surface area contributed by atoms with Crippen LogP contribution in [0.5, 0.6) is 0 Å². The Labute approximate surface area is 152 Å². The molecule has 0 bridgehead atoms. The zero-order valence-corrected chi connectivity index (χ0v) is 14.7. The van der Waals surface area contributed by atoms with Gasteiger partial charge in [0, 0.05) is 17.3 Å². The molecule has 0 aliphatic carbocycles. The SMILES string of the molecule is Cc1ccc(Nc2cc(-n3nc(C)cc3-c3ccccc3)ncn2)cc1. The Bertz CT molecular complexity index is 1020. The summed E-state index contributed by atoms with van der Waals surface area (Å²) in [5.41, 5.74) is 5.25. The van der Waals surface area contributed by atoms with Gasteiger partial charge < -0.3 is 5.32 Å². The number of nitrogens with zero attached hydrogens (tertiary/aromatic N) is 4. The monoisotopic (exact) mass is 341 g/mol. The molecule has 0 atom stereocenters. The van der Waals surface area contributed by atoms with Crippen molar-refractivity contribution in [2.75, 3.05) is 5.32 Å². The summed E-state index contributed by atoms with van der Waals surface area (Å²) >= 11 is 0. The van der Waals surface area contributed by atoms with Crippen LogP contribution >= 0.6 is 0 Å². The highest BCUT2D eigenvalue weighted by atomic mass is 15.3. The van der Waals surface area contributed by atoms with Gasteiger partial charge in [-0.05, 0) is 32.0 Å². The first-order valence-corrected chi connectivity index (χ1v) is 8.47. The molecule has 1 N–H and O–H groups in total. The number of hydrogen-bond donors (Lipinski definition) is 1. The Morgan fingerprint density at radius 1 is 0.846 bits per heavy atom. The average Bonchev–Trinajstić information content (AvgIpc) is 3.06. The Kier molecular flexibility index (Phi) is 4.19. The van der Waals surface area contributed by atoms with Crippen molar-refractivity contribution < 1.29 is 0 Å². The summed E-state index contributed by atoms with van der Waals surface area (Å²) in [6, 6.07) is 22.3. The second-order valence-corrected chi connectivity index (χ2v) is 6.20. The van der Waals surface area contributed by atoms with Gasteiger partial charge >= 0.3 is 0 Å². The van der Waals surface area contributed by atoms with Crippen LogP contribution in [-0.4, -0.2) is 19.7 Å². The fourth-order valence-electron chi connectivity index (χ4n) is 2.80. The molecule has 4 rings (SSSR count). The van der Waals surface area contributed by atoms with Gasteiger partial charge in [0.25, 0.3) is 0 Å². The maximum atomic E-state index is 4.62. The molecule has 5 nitrogen and oxygen atoms in total. The standard InChI is InChI=1S/C21H19N5/c1-15-8-10-18(11-9-15)24-20-13-21(23-14-22-20)26-19(12-16(2)25-26)17-6-4-3-5-7-17/h3-14H,1-2H3,(H,22,23,24). The van der Waals surface area contributed by atoms with Crippen molar-refractivity contribution in [2.24, 2.45) is 0 Å². The van der Waals surface area contributed by atoms with Gasteiger partial charge in [-0.2, -0.15) is 5.10 Å². The van der Waals surface area contributed by atoms with Crippen LogP contribution in [0.4, 0.5) is 11.5 Å². The lowest BCUT2D eigenvalue weighted by Gasteiger charge is -2.09. The average molecular weight is 341 g/mol. The Hall–Kier alpha value is -3.47. The van der Waals surface area contributed by atoms with Crippen molar-refractivity contribution >= 4 is 11.5 Å². The van der Waals surface area contributed by atoms with Crippen molar-refractivity contribution in [3.05, 3.63) is 84.3 Å². The topological polar surface area (TPSA) is 55.6 Å². The molecular formula is C21H19N5. The highest BCUT2D eigenvalue weighted by molar-refractivity contribution is 5.63. The predicted molar refractivity (Wildman–Crippen MR) is 104 cm³/mol. The largest absolute Gasteiger partial charge is 0.340 e. The number of anilines is 2. The normalized spacial score (nSPS) is 10.7. The van der Waals surface area contributed by atoms with Crippen molar-refractivity contribution in [1.82, 2.24) is 19.7 Å². The molecule has 2 heterocycles. The number of rotatable bonds is 4. The minimum absolute atomic E-state index is 0.724. The van der Waals surface area contributed by atoms with Crippen molar-refractivity contribution in [3.8, 4) is 17.1 Å². The molecule has 0 radical (unpaired) electrons. The molecule has 0 fully saturated rings. The molecule has 0 saturated heterocycles. The van der Waals surface area contributed by atoms with E-state index in [1.54, 1.807) is 6.33 Å². The van der Waals surface area contributed by atoms with Crippen LogP contribution in [0.15, 0.2) is 73.1 Å². The minimum atomic E-state index is 0.724. The predicted octanol–water partition coefficient (Wildman–Crippen LogP) is 4.69. The van der Waals surface area contributed by atoms with Crippen molar-refractivity contribution in [2.45, 2.75) is 13.8 Å². The van der Waals surface area contributed by atoms with E-state index in [-0.39, 0.29) is 0 Å². The molecular weight excluding hydrogens is 322 g/mol. The fourth-order valence-corrected chi connectivity index (χ4v) is 2.80. The third-order valence-corrected chi connectivity index (χ3v) is 4.09. The number of aromatic nitrogens is 4. The number of aryl methyl sites for hydroxylation is 2. The third kappa shape index (κ3) is 3.32. The van der Waals surface area contributed by atoms with E-state index in [4.69, 9.17) is 0 Å². The van der Waals surface area contributed by atoms with E-state index in [9.17, 15) is 0 Å². The van der Waals surface area contributed by atoms with Gasteiger partial charge in [0.1, 0.15) is 12.1 Å². The van der Waals surface area contributed by atoms with E-state index < -0.39 is 0 Å². The molecule has 2 aromatic carbocycles. The molecule has 0 spiro atoms. The van der Waals surface area contributed by atoms with Gasteiger partial charge in [0.05, 0.1) is 11.4 Å². The molecule has 0 unspecified atom stereocenters. The van der Waals surface area contributed by atoms with Crippen molar-refractivity contribution in [3.63, 3.8) is 0 Å². The van der Waals surface area contributed by atoms with Gasteiger partial charge in [-0.1, -0.05) is 48.0 Å². The Balaban J connectivity index is 1.70. The van der Waals surface area contributed by atoms with Gasteiger partial charge in [-0.3, -0.25) is 0 Å². The van der Waals surface area contributed by atoms with Crippen LogP contribution in [0.25, 0.3) is 17.1 Å². The summed E-state index contributed by atoms with van der Waals surface area (Å²) in [5.74, 6) is 1.45. The highest BCUT2D eigenvalue weighted by Gasteiger charge is 2.11. The molecule has 5 heteroatoms. The van der Waals surface area contributed by atoms with Crippen LogP contribution in [0.1, 0.15) is 11.3 Å². The van der Waals surface area contributed by atoms with Crippen LogP contribution in [0.3, 0.4) is 0 Å². The maximum absolute atomic E-state index is 4.62. The molecule has 4 aromatic rings. The lowest BCUT2D eigenvalue weighted by Crippen LogP contribution is -2.04. The summed E-state index contributed by atoms with van der Waals surface area (Å²) in [5, 5.41) is 7.93. The Morgan fingerprint density at radius 2 is 1.62 bits per heavy atom. The minimum Gasteiger partial charge on any atom is -0.340 e. The second kappa shape index (κ2) is 6.80. The first-order chi connectivity index (χ1) is 12.7. The second-order valence-electron chi connectivity index (χ2n) is 6.20. The van der Waals surface area contributed by atoms with Crippen LogP contribution in [0.2, 0.25) is 0 Å². The van der Waals surface area contributed by atoms with Gasteiger partial charge in [-0.25, -0.2) is 14.6 Å². The molecule has 0 aliphatic rings. The van der Waals surface area contributed by atoms with Gasteiger partial charge in [0.15, 0.2) is 5.82 Å². The summed E-state index contributed by atoms with van der Waals surface area (Å²) in [7, 11) is 0. The first-order valence-electron chi connectivity index (χ1n) is 8.47. The summed E-state index contributed by atoms with van der Waals surface area (Å²) in [4.78, 5) is 8.74. The fraction of sp³-hybridized carbons (Fsp3) is 0.0952. The van der Waals surface area contributed by atoms with E-state index in [0.717, 1.165) is 34.3 Å². The lowest BCUT2D eigenvalue weighted by molar-refractivity contribution is 0.833. The Morgan fingerprint density at radius 3 is 2.38 bits per heavy atom. The number of nitrogens with one attached hydrogen (secondary N) is 1. The van der Waals surface area contributed by atoms with Crippen molar-refractivity contribution in [1.29, 1.82) is 0 Å². The molecule has 128 valence electrons. The molecule has 2 aromatic heterocycles. The molecule has 0 saturated carbocycles. The maximum Gasteiger partial charge on any atom is 0.159 e. The van der Waals surface area contributed by atoms with E-state index in [2.05, 4.69) is 57.6 Å². The van der Waals surface area contributed by atoms with Crippen LogP contribution < -0.4 is 5.32 Å². The number of benzene rings is 2. The van der Waals surface area contributed by atoms with Crippen LogP contribution in [-0.2, 0) is 0 Å². The van der Waals surface area contributed by atoms with Gasteiger partial charge in [-0.15, -0.1) is 0 Å². The van der Waals surface area contributed by atoms with Crippen LogP contribution in [0, 0.1) is 13.8 Å². The van der Waals surface area contributed by atoms with Gasteiger partial charge in [0.2, 0.25) is 0 Å².